The molecule has 3 rings (SSSR count). The van der Waals surface area contributed by atoms with E-state index in [2.05, 4.69) is 15.2 Å². The molecule has 1 aliphatic heterocycles. The van der Waals surface area contributed by atoms with E-state index >= 15 is 0 Å². The van der Waals surface area contributed by atoms with Crippen LogP contribution in [0, 0.1) is 0 Å². The van der Waals surface area contributed by atoms with E-state index in [4.69, 9.17) is 0 Å². The normalized spacial score (nSPS) is 22.3. The highest BCUT2D eigenvalue weighted by Gasteiger charge is 2.41. The minimum absolute atomic E-state index is 0.0629. The molecule has 122 valence electrons. The van der Waals surface area contributed by atoms with Crippen molar-refractivity contribution in [3.63, 3.8) is 0 Å². The molecule has 0 amide bonds. The Kier molecular flexibility index (Phi) is 4.03. The zero-order valence-electron chi connectivity index (χ0n) is 12.3. The monoisotopic (exact) mass is 315 g/mol. The number of alkyl halides is 3. The maximum absolute atomic E-state index is 12.6. The van der Waals surface area contributed by atoms with Crippen LogP contribution in [0.1, 0.15) is 36.9 Å². The molecule has 4 nitrogen and oxygen atoms in total. The number of hydrogen-bond acceptors (Lipinski definition) is 3. The third-order valence-electron chi connectivity index (χ3n) is 4.88. The van der Waals surface area contributed by atoms with Crippen molar-refractivity contribution < 1.29 is 13.2 Å². The highest BCUT2D eigenvalue weighted by atomic mass is 19.4. The van der Waals surface area contributed by atoms with Gasteiger partial charge < -0.3 is 10.3 Å². The summed E-state index contributed by atoms with van der Waals surface area (Å²) in [5, 5.41) is 3.40. The van der Waals surface area contributed by atoms with Gasteiger partial charge in [0, 0.05) is 49.5 Å². The van der Waals surface area contributed by atoms with E-state index in [9.17, 15) is 18.0 Å². The number of aromatic nitrogens is 1. The van der Waals surface area contributed by atoms with Gasteiger partial charge in [-0.2, -0.15) is 13.2 Å². The fraction of sp³-hybridized carbons (Fsp3) is 0.667. The average Bonchev–Trinajstić information content (AvgIpc) is 2.91. The number of halogens is 3. The Bertz CT molecular complexity index is 590. The molecule has 2 aliphatic rings. The van der Waals surface area contributed by atoms with Crippen LogP contribution >= 0.6 is 0 Å². The largest absolute Gasteiger partial charge is 0.431 e. The summed E-state index contributed by atoms with van der Waals surface area (Å²) in [6.45, 7) is 2.97. The van der Waals surface area contributed by atoms with Crippen molar-refractivity contribution in [3.8, 4) is 0 Å². The van der Waals surface area contributed by atoms with Crippen molar-refractivity contribution in [2.75, 3.05) is 19.6 Å². The van der Waals surface area contributed by atoms with E-state index in [1.807, 2.05) is 0 Å². The second kappa shape index (κ2) is 5.70. The fourth-order valence-corrected chi connectivity index (χ4v) is 3.65. The van der Waals surface area contributed by atoms with Crippen LogP contribution < -0.4 is 10.7 Å². The molecule has 0 unspecified atom stereocenters. The molecule has 2 heterocycles. The molecule has 0 aromatic carbocycles. The lowest BCUT2D eigenvalue weighted by Gasteiger charge is -2.45. The Hall–Kier alpha value is -1.34. The number of piperazine rings is 1. The van der Waals surface area contributed by atoms with Crippen molar-refractivity contribution in [1.29, 1.82) is 0 Å². The van der Waals surface area contributed by atoms with Crippen LogP contribution in [0.2, 0.25) is 0 Å². The van der Waals surface area contributed by atoms with Gasteiger partial charge >= 0.3 is 6.18 Å². The Morgan fingerprint density at radius 1 is 1.27 bits per heavy atom. The van der Waals surface area contributed by atoms with Gasteiger partial charge in [-0.1, -0.05) is 12.8 Å². The summed E-state index contributed by atoms with van der Waals surface area (Å²) in [4.78, 5) is 16.5. The third-order valence-corrected chi connectivity index (χ3v) is 4.88. The topological polar surface area (TPSA) is 48.1 Å². The zero-order chi connectivity index (χ0) is 15.8. The molecular weight excluding hydrogens is 295 g/mol. The zero-order valence-corrected chi connectivity index (χ0v) is 12.3. The average molecular weight is 315 g/mol. The minimum Gasteiger partial charge on any atom is -0.357 e. The van der Waals surface area contributed by atoms with Gasteiger partial charge in [0.05, 0.1) is 0 Å². The number of aromatic amines is 1. The molecule has 0 atom stereocenters. The van der Waals surface area contributed by atoms with Crippen LogP contribution in [0.25, 0.3) is 0 Å². The lowest BCUT2D eigenvalue weighted by Crippen LogP contribution is -2.59. The summed E-state index contributed by atoms with van der Waals surface area (Å²) < 4.78 is 37.8. The number of H-pyrrole nitrogens is 1. The Morgan fingerprint density at radius 3 is 2.64 bits per heavy atom. The van der Waals surface area contributed by atoms with Crippen LogP contribution in [0.3, 0.4) is 0 Å². The lowest BCUT2D eigenvalue weighted by atomic mass is 9.92. The Morgan fingerprint density at radius 2 is 2.00 bits per heavy atom. The summed E-state index contributed by atoms with van der Waals surface area (Å²) >= 11 is 0. The third kappa shape index (κ3) is 2.92. The Labute approximate surface area is 126 Å². The number of nitrogens with zero attached hydrogens (tertiary/aromatic N) is 1. The highest BCUT2D eigenvalue weighted by molar-refractivity contribution is 5.17. The van der Waals surface area contributed by atoms with Gasteiger partial charge in [-0.25, -0.2) is 0 Å². The van der Waals surface area contributed by atoms with Crippen LogP contribution in [-0.2, 0) is 12.7 Å². The summed E-state index contributed by atoms with van der Waals surface area (Å²) in [6.07, 6.45) is 1.20. The molecule has 1 saturated heterocycles. The molecule has 2 fully saturated rings. The molecule has 1 spiro atoms. The van der Waals surface area contributed by atoms with Crippen molar-refractivity contribution in [2.24, 2.45) is 0 Å². The second-order valence-corrected chi connectivity index (χ2v) is 6.26. The molecule has 1 aromatic heterocycles. The quantitative estimate of drug-likeness (QED) is 0.879. The summed E-state index contributed by atoms with van der Waals surface area (Å²) in [5.41, 5.74) is -1.07. The predicted molar refractivity (Wildman–Crippen MR) is 76.5 cm³/mol. The molecular formula is C15H20F3N3O. The molecule has 7 heteroatoms. The molecule has 22 heavy (non-hydrogen) atoms. The first-order valence-electron chi connectivity index (χ1n) is 7.65. The molecule has 1 saturated carbocycles. The predicted octanol–water partition coefficient (Wildman–Crippen LogP) is 2.11. The van der Waals surface area contributed by atoms with Gasteiger partial charge in [0.1, 0.15) is 5.69 Å². The van der Waals surface area contributed by atoms with E-state index in [0.29, 0.717) is 18.2 Å². The fourth-order valence-electron chi connectivity index (χ4n) is 3.65. The van der Waals surface area contributed by atoms with E-state index in [1.54, 1.807) is 0 Å². The van der Waals surface area contributed by atoms with Crippen molar-refractivity contribution >= 4 is 0 Å². The smallest absolute Gasteiger partial charge is 0.357 e. The van der Waals surface area contributed by atoms with Crippen LogP contribution in [-0.4, -0.2) is 35.1 Å². The van der Waals surface area contributed by atoms with Gasteiger partial charge in [0.25, 0.3) is 0 Å². The summed E-state index contributed by atoms with van der Waals surface area (Å²) in [5.74, 6) is 0. The number of rotatable bonds is 2. The summed E-state index contributed by atoms with van der Waals surface area (Å²) in [6, 6.07) is 0.666. The number of hydrogen-bond donors (Lipinski definition) is 2. The first kappa shape index (κ1) is 15.6. The standard InChI is InChI=1S/C15H20F3N3O/c16-15(17,18)13-7-12(22)11(8-20-13)9-21-6-5-19-10-14(21)3-1-2-4-14/h7-8,19H,1-6,9-10H2,(H,20,22). The Balaban J connectivity index is 1.81. The minimum atomic E-state index is -4.51. The maximum atomic E-state index is 12.6. The van der Waals surface area contributed by atoms with Crippen molar-refractivity contribution in [1.82, 2.24) is 15.2 Å². The first-order chi connectivity index (χ1) is 10.4. The lowest BCUT2D eigenvalue weighted by molar-refractivity contribution is -0.141. The number of pyridine rings is 1. The molecule has 1 aliphatic carbocycles. The first-order valence-corrected chi connectivity index (χ1v) is 7.65. The van der Waals surface area contributed by atoms with Gasteiger partial charge in [0.15, 0.2) is 5.43 Å². The molecule has 0 bridgehead atoms. The number of nitrogens with one attached hydrogen (secondary N) is 2. The van der Waals surface area contributed by atoms with Crippen molar-refractivity contribution in [2.45, 2.75) is 43.9 Å². The van der Waals surface area contributed by atoms with Gasteiger partial charge in [-0.15, -0.1) is 0 Å². The van der Waals surface area contributed by atoms with Gasteiger partial charge in [0.2, 0.25) is 0 Å². The second-order valence-electron chi connectivity index (χ2n) is 6.26. The molecule has 2 N–H and O–H groups in total. The van der Waals surface area contributed by atoms with Gasteiger partial charge in [-0.05, 0) is 12.8 Å². The van der Waals surface area contributed by atoms with E-state index in [-0.39, 0.29) is 5.54 Å². The van der Waals surface area contributed by atoms with Crippen LogP contribution in [0.4, 0.5) is 13.2 Å². The van der Waals surface area contributed by atoms with Crippen molar-refractivity contribution in [3.05, 3.63) is 33.7 Å². The highest BCUT2D eigenvalue weighted by Crippen LogP contribution is 2.36. The van der Waals surface area contributed by atoms with Crippen LogP contribution in [0.15, 0.2) is 17.1 Å². The maximum Gasteiger partial charge on any atom is 0.431 e. The van der Waals surface area contributed by atoms with E-state index in [0.717, 1.165) is 32.5 Å². The SMILES string of the molecule is O=c1cc(C(F)(F)F)[nH]cc1CN1CCNCC12CCCC2. The molecule has 0 radical (unpaired) electrons. The van der Waals surface area contributed by atoms with E-state index < -0.39 is 17.3 Å². The molecule has 1 aromatic rings. The summed E-state index contributed by atoms with van der Waals surface area (Å²) in [7, 11) is 0. The van der Waals surface area contributed by atoms with Gasteiger partial charge in [-0.3, -0.25) is 9.69 Å². The van der Waals surface area contributed by atoms with Crippen LogP contribution in [0.5, 0.6) is 0 Å². The van der Waals surface area contributed by atoms with E-state index in [1.165, 1.54) is 19.0 Å².